The number of unbranched alkanes of at least 4 members (excludes halogenated alkanes) is 15. The third kappa shape index (κ3) is 25.2. The molecular weight excluding hydrogens is 368 g/mol. The van der Waals surface area contributed by atoms with Gasteiger partial charge < -0.3 is 4.74 Å². The third-order valence-electron chi connectivity index (χ3n) is 5.83. The van der Waals surface area contributed by atoms with E-state index in [-0.39, 0.29) is 5.97 Å². The van der Waals surface area contributed by atoms with Gasteiger partial charge in [0.15, 0.2) is 0 Å². The average molecular weight is 423 g/mol. The molecule has 0 amide bonds. The van der Waals surface area contributed by atoms with Crippen LogP contribution in [0.5, 0.6) is 0 Å². The lowest BCUT2D eigenvalue weighted by Gasteiger charge is -2.06. The molecule has 0 radical (unpaired) electrons. The van der Waals surface area contributed by atoms with E-state index in [2.05, 4.69) is 32.9 Å². The maximum Gasteiger partial charge on any atom is 0.305 e. The maximum atomic E-state index is 11.7. The molecule has 0 saturated carbocycles. The van der Waals surface area contributed by atoms with Crippen molar-refractivity contribution in [3.63, 3.8) is 0 Å². The zero-order chi connectivity index (χ0) is 22.1. The number of carbonyl (C=O) groups is 1. The topological polar surface area (TPSA) is 26.3 Å². The van der Waals surface area contributed by atoms with Gasteiger partial charge in [-0.15, -0.1) is 0 Å². The summed E-state index contributed by atoms with van der Waals surface area (Å²) in [6.45, 7) is 7.41. The predicted octanol–water partition coefficient (Wildman–Crippen LogP) is 9.56. The Kier molecular flexibility index (Phi) is 23.8. The first kappa shape index (κ1) is 29.2. The van der Waals surface area contributed by atoms with Crippen molar-refractivity contribution >= 4 is 5.97 Å². The standard InChI is InChI=1S/C28H54O2/c1-4-5-6-7-8-9-10-11-12-13-14-15-16-17-18-19-22-25-28(29)30-26-23-20-21-24-27(2)3/h11-12,27H,4-10,13-26H2,1-3H3. The lowest BCUT2D eigenvalue weighted by atomic mass is 10.1. The molecule has 2 heteroatoms. The van der Waals surface area contributed by atoms with Gasteiger partial charge in [-0.3, -0.25) is 4.79 Å². The minimum atomic E-state index is 0.00612. The summed E-state index contributed by atoms with van der Waals surface area (Å²) >= 11 is 0. The fraction of sp³-hybridized carbons (Fsp3) is 0.893. The summed E-state index contributed by atoms with van der Waals surface area (Å²) in [5.74, 6) is 0.788. The van der Waals surface area contributed by atoms with E-state index >= 15 is 0 Å². The van der Waals surface area contributed by atoms with Crippen LogP contribution in [0.25, 0.3) is 0 Å². The van der Waals surface area contributed by atoms with Gasteiger partial charge in [-0.05, 0) is 44.4 Å². The Morgan fingerprint density at radius 3 is 1.73 bits per heavy atom. The minimum Gasteiger partial charge on any atom is -0.466 e. The van der Waals surface area contributed by atoms with Crippen molar-refractivity contribution in [1.82, 2.24) is 0 Å². The predicted molar refractivity (Wildman–Crippen MR) is 133 cm³/mol. The van der Waals surface area contributed by atoms with E-state index in [0.29, 0.717) is 13.0 Å². The van der Waals surface area contributed by atoms with Crippen LogP contribution in [0.3, 0.4) is 0 Å². The summed E-state index contributed by atoms with van der Waals surface area (Å²) < 4.78 is 5.33. The molecule has 0 aliphatic heterocycles. The normalized spacial score (nSPS) is 11.6. The van der Waals surface area contributed by atoms with Crippen LogP contribution < -0.4 is 0 Å². The molecule has 0 heterocycles. The van der Waals surface area contributed by atoms with Crippen molar-refractivity contribution in [3.8, 4) is 0 Å². The number of ether oxygens (including phenoxy) is 1. The molecule has 0 unspecified atom stereocenters. The van der Waals surface area contributed by atoms with Crippen molar-refractivity contribution < 1.29 is 9.53 Å². The van der Waals surface area contributed by atoms with Crippen LogP contribution >= 0.6 is 0 Å². The first-order chi connectivity index (χ1) is 14.7. The summed E-state index contributed by atoms with van der Waals surface area (Å²) in [6.07, 6.45) is 29.8. The molecule has 0 aromatic heterocycles. The number of hydrogen-bond acceptors (Lipinski definition) is 2. The van der Waals surface area contributed by atoms with Gasteiger partial charge in [-0.1, -0.05) is 116 Å². The Morgan fingerprint density at radius 2 is 1.17 bits per heavy atom. The fourth-order valence-corrected chi connectivity index (χ4v) is 3.78. The monoisotopic (exact) mass is 422 g/mol. The van der Waals surface area contributed by atoms with Crippen LogP contribution in [0.15, 0.2) is 12.2 Å². The minimum absolute atomic E-state index is 0.00612. The number of carbonyl (C=O) groups excluding carboxylic acids is 1. The summed E-state index contributed by atoms with van der Waals surface area (Å²) in [7, 11) is 0. The molecule has 2 nitrogen and oxygen atoms in total. The van der Waals surface area contributed by atoms with Crippen molar-refractivity contribution in [1.29, 1.82) is 0 Å². The summed E-state index contributed by atoms with van der Waals surface area (Å²) in [6, 6.07) is 0. The van der Waals surface area contributed by atoms with Crippen LogP contribution in [0.4, 0.5) is 0 Å². The highest BCUT2D eigenvalue weighted by molar-refractivity contribution is 5.69. The zero-order valence-electron chi connectivity index (χ0n) is 20.9. The highest BCUT2D eigenvalue weighted by Crippen LogP contribution is 2.12. The molecule has 0 bridgehead atoms. The molecule has 178 valence electrons. The fourth-order valence-electron chi connectivity index (χ4n) is 3.78. The van der Waals surface area contributed by atoms with Gasteiger partial charge in [-0.25, -0.2) is 0 Å². The van der Waals surface area contributed by atoms with Gasteiger partial charge in [-0.2, -0.15) is 0 Å². The highest BCUT2D eigenvalue weighted by atomic mass is 16.5. The van der Waals surface area contributed by atoms with Gasteiger partial charge in [0.1, 0.15) is 0 Å². The SMILES string of the molecule is CCCCCCCCC=CCCCCCCCCCC(=O)OCCCCCC(C)C. The smallest absolute Gasteiger partial charge is 0.305 e. The summed E-state index contributed by atoms with van der Waals surface area (Å²) in [4.78, 5) is 11.7. The molecule has 0 saturated heterocycles. The van der Waals surface area contributed by atoms with Gasteiger partial charge >= 0.3 is 5.97 Å². The second-order valence-electron chi connectivity index (χ2n) is 9.51. The Bertz CT molecular complexity index is 373. The molecule has 0 N–H and O–H groups in total. The Hall–Kier alpha value is -0.790. The van der Waals surface area contributed by atoms with E-state index in [0.717, 1.165) is 18.8 Å². The van der Waals surface area contributed by atoms with E-state index < -0.39 is 0 Å². The molecular formula is C28H54O2. The molecule has 0 aromatic rings. The number of allylic oxidation sites excluding steroid dienone is 2. The van der Waals surface area contributed by atoms with E-state index in [1.54, 1.807) is 0 Å². The largest absolute Gasteiger partial charge is 0.466 e. The van der Waals surface area contributed by atoms with Crippen molar-refractivity contribution in [3.05, 3.63) is 12.2 Å². The Morgan fingerprint density at radius 1 is 0.667 bits per heavy atom. The van der Waals surface area contributed by atoms with Crippen LogP contribution in [0.2, 0.25) is 0 Å². The van der Waals surface area contributed by atoms with Gasteiger partial charge in [0.2, 0.25) is 0 Å². The maximum absolute atomic E-state index is 11.7. The van der Waals surface area contributed by atoms with E-state index in [4.69, 9.17) is 4.74 Å². The van der Waals surface area contributed by atoms with Crippen LogP contribution in [-0.2, 0) is 9.53 Å². The summed E-state index contributed by atoms with van der Waals surface area (Å²) in [5.41, 5.74) is 0. The van der Waals surface area contributed by atoms with Gasteiger partial charge in [0.05, 0.1) is 6.61 Å². The Balaban J connectivity index is 3.19. The van der Waals surface area contributed by atoms with Crippen molar-refractivity contribution in [2.45, 2.75) is 149 Å². The molecule has 0 aromatic carbocycles. The quantitative estimate of drug-likeness (QED) is 0.0930. The van der Waals surface area contributed by atoms with Crippen LogP contribution in [-0.4, -0.2) is 12.6 Å². The number of hydrogen-bond donors (Lipinski definition) is 0. The average Bonchev–Trinajstić information content (AvgIpc) is 2.72. The van der Waals surface area contributed by atoms with E-state index in [9.17, 15) is 4.79 Å². The molecule has 0 spiro atoms. The molecule has 30 heavy (non-hydrogen) atoms. The zero-order valence-corrected chi connectivity index (χ0v) is 20.9. The summed E-state index contributed by atoms with van der Waals surface area (Å²) in [5, 5.41) is 0. The van der Waals surface area contributed by atoms with Gasteiger partial charge in [0, 0.05) is 6.42 Å². The molecule has 0 aliphatic rings. The molecule has 0 atom stereocenters. The van der Waals surface area contributed by atoms with E-state index in [1.807, 2.05) is 0 Å². The van der Waals surface area contributed by atoms with Crippen molar-refractivity contribution in [2.24, 2.45) is 5.92 Å². The van der Waals surface area contributed by atoms with Gasteiger partial charge in [0.25, 0.3) is 0 Å². The lowest BCUT2D eigenvalue weighted by molar-refractivity contribution is -0.143. The molecule has 0 fully saturated rings. The second kappa shape index (κ2) is 24.5. The van der Waals surface area contributed by atoms with E-state index in [1.165, 1.54) is 109 Å². The first-order valence-corrected chi connectivity index (χ1v) is 13.5. The van der Waals surface area contributed by atoms with Crippen LogP contribution in [0, 0.1) is 5.92 Å². The Labute approximate surface area is 189 Å². The second-order valence-corrected chi connectivity index (χ2v) is 9.51. The highest BCUT2D eigenvalue weighted by Gasteiger charge is 2.02. The first-order valence-electron chi connectivity index (χ1n) is 13.5. The molecule has 0 aliphatic carbocycles. The lowest BCUT2D eigenvalue weighted by Crippen LogP contribution is -2.05. The van der Waals surface area contributed by atoms with Crippen molar-refractivity contribution in [2.75, 3.05) is 6.61 Å². The van der Waals surface area contributed by atoms with Crippen LogP contribution in [0.1, 0.15) is 149 Å². The molecule has 0 rings (SSSR count). The number of esters is 1. The number of rotatable bonds is 23. The third-order valence-corrected chi connectivity index (χ3v) is 5.83.